The van der Waals surface area contributed by atoms with Gasteiger partial charge in [-0.1, -0.05) is 0 Å². The smallest absolute Gasteiger partial charge is 0.149 e. The lowest BCUT2D eigenvalue weighted by Gasteiger charge is -2.47. The van der Waals surface area contributed by atoms with Crippen LogP contribution in [-0.2, 0) is 4.74 Å². The van der Waals surface area contributed by atoms with E-state index in [1.54, 1.807) is 6.20 Å². The summed E-state index contributed by atoms with van der Waals surface area (Å²) in [4.78, 5) is 11.1. The van der Waals surface area contributed by atoms with E-state index in [0.717, 1.165) is 31.3 Å². The quantitative estimate of drug-likeness (QED) is 0.908. The summed E-state index contributed by atoms with van der Waals surface area (Å²) in [5, 5.41) is 3.20. The number of hydrogen-bond acceptors (Lipinski definition) is 5. The summed E-state index contributed by atoms with van der Waals surface area (Å²) in [6.45, 7) is 13.0. The molecule has 5 nitrogen and oxygen atoms in total. The Balaban J connectivity index is 2.23. The summed E-state index contributed by atoms with van der Waals surface area (Å²) >= 11 is 0. The van der Waals surface area contributed by atoms with E-state index in [4.69, 9.17) is 4.74 Å². The molecule has 0 bridgehead atoms. The number of morpholine rings is 1. The standard InChI is InChI=1S/C14H24N4O/c1-6-16-11-7-15-8-12(17-11)18-9-13(2,3)19-14(4,5)10-18/h7-8H,6,9-10H2,1-5H3,(H,16,17). The molecule has 0 radical (unpaired) electrons. The van der Waals surface area contributed by atoms with Gasteiger partial charge in [0.15, 0.2) is 0 Å². The average Bonchev–Trinajstić information content (AvgIpc) is 2.25. The van der Waals surface area contributed by atoms with Gasteiger partial charge in [-0.05, 0) is 34.6 Å². The topological polar surface area (TPSA) is 50.3 Å². The number of nitrogens with one attached hydrogen (secondary N) is 1. The molecule has 0 amide bonds. The van der Waals surface area contributed by atoms with Crippen molar-refractivity contribution >= 4 is 11.6 Å². The number of nitrogens with zero attached hydrogens (tertiary/aromatic N) is 3. The molecule has 1 aromatic heterocycles. The van der Waals surface area contributed by atoms with Crippen LogP contribution in [0.1, 0.15) is 34.6 Å². The molecule has 0 unspecified atom stereocenters. The lowest BCUT2D eigenvalue weighted by Crippen LogP contribution is -2.57. The first-order valence-electron chi connectivity index (χ1n) is 6.82. The Morgan fingerprint density at radius 2 is 1.84 bits per heavy atom. The molecular formula is C14H24N4O. The second kappa shape index (κ2) is 4.96. The van der Waals surface area contributed by atoms with Gasteiger partial charge >= 0.3 is 0 Å². The molecule has 2 heterocycles. The molecule has 0 aliphatic carbocycles. The molecule has 1 aliphatic rings. The maximum absolute atomic E-state index is 6.09. The minimum Gasteiger partial charge on any atom is -0.369 e. The van der Waals surface area contributed by atoms with Crippen molar-refractivity contribution in [2.75, 3.05) is 29.9 Å². The van der Waals surface area contributed by atoms with Gasteiger partial charge in [0.05, 0.1) is 23.6 Å². The van der Waals surface area contributed by atoms with Crippen molar-refractivity contribution in [3.05, 3.63) is 12.4 Å². The van der Waals surface area contributed by atoms with Gasteiger partial charge in [0.2, 0.25) is 0 Å². The number of hydrogen-bond donors (Lipinski definition) is 1. The first-order valence-corrected chi connectivity index (χ1v) is 6.82. The minimum atomic E-state index is -0.183. The minimum absolute atomic E-state index is 0.183. The van der Waals surface area contributed by atoms with E-state index in [0.29, 0.717) is 0 Å². The van der Waals surface area contributed by atoms with Gasteiger partial charge in [0.25, 0.3) is 0 Å². The van der Waals surface area contributed by atoms with Crippen molar-refractivity contribution in [2.45, 2.75) is 45.8 Å². The van der Waals surface area contributed by atoms with Crippen LogP contribution in [0.5, 0.6) is 0 Å². The van der Waals surface area contributed by atoms with Crippen LogP contribution in [0, 0.1) is 0 Å². The first kappa shape index (κ1) is 14.1. The second-order valence-corrected chi connectivity index (χ2v) is 6.27. The van der Waals surface area contributed by atoms with E-state index in [2.05, 4.69) is 54.8 Å². The molecule has 0 saturated carbocycles. The van der Waals surface area contributed by atoms with Gasteiger partial charge in [-0.3, -0.25) is 4.98 Å². The maximum Gasteiger partial charge on any atom is 0.149 e. The largest absolute Gasteiger partial charge is 0.369 e. The van der Waals surface area contributed by atoms with Crippen molar-refractivity contribution < 1.29 is 4.74 Å². The summed E-state index contributed by atoms with van der Waals surface area (Å²) in [5.74, 6) is 1.73. The highest BCUT2D eigenvalue weighted by Crippen LogP contribution is 2.30. The van der Waals surface area contributed by atoms with Gasteiger partial charge in [0.1, 0.15) is 11.6 Å². The molecule has 0 spiro atoms. The molecule has 5 heteroatoms. The van der Waals surface area contributed by atoms with Gasteiger partial charge in [-0.15, -0.1) is 0 Å². The van der Waals surface area contributed by atoms with Crippen LogP contribution in [0.2, 0.25) is 0 Å². The van der Waals surface area contributed by atoms with Gasteiger partial charge in [-0.2, -0.15) is 0 Å². The van der Waals surface area contributed by atoms with Gasteiger partial charge in [0, 0.05) is 19.6 Å². The first-order chi connectivity index (χ1) is 8.81. The lowest BCUT2D eigenvalue weighted by molar-refractivity contribution is -0.133. The summed E-state index contributed by atoms with van der Waals surface area (Å²) in [6.07, 6.45) is 3.57. The van der Waals surface area contributed by atoms with E-state index in [9.17, 15) is 0 Å². The number of anilines is 2. The Labute approximate surface area is 115 Å². The Hall–Kier alpha value is -1.36. The van der Waals surface area contributed by atoms with Crippen LogP contribution in [0.15, 0.2) is 12.4 Å². The monoisotopic (exact) mass is 264 g/mol. The molecule has 0 atom stereocenters. The predicted octanol–water partition coefficient (Wildman–Crippen LogP) is 2.30. The molecule has 0 aromatic carbocycles. The van der Waals surface area contributed by atoms with Crippen LogP contribution in [0.3, 0.4) is 0 Å². The van der Waals surface area contributed by atoms with E-state index < -0.39 is 0 Å². The van der Waals surface area contributed by atoms with Gasteiger partial charge in [-0.25, -0.2) is 4.98 Å². The highest BCUT2D eigenvalue weighted by Gasteiger charge is 2.38. The zero-order valence-electron chi connectivity index (χ0n) is 12.5. The Kier molecular flexibility index (Phi) is 3.67. The fraction of sp³-hybridized carbons (Fsp3) is 0.714. The van der Waals surface area contributed by atoms with Crippen LogP contribution < -0.4 is 10.2 Å². The highest BCUT2D eigenvalue weighted by molar-refractivity contribution is 5.45. The maximum atomic E-state index is 6.09. The Morgan fingerprint density at radius 3 is 2.42 bits per heavy atom. The molecule has 19 heavy (non-hydrogen) atoms. The van der Waals surface area contributed by atoms with E-state index >= 15 is 0 Å². The summed E-state index contributed by atoms with van der Waals surface area (Å²) in [6, 6.07) is 0. The summed E-state index contributed by atoms with van der Waals surface area (Å²) in [7, 11) is 0. The van der Waals surface area contributed by atoms with Crippen molar-refractivity contribution in [1.29, 1.82) is 0 Å². The Morgan fingerprint density at radius 1 is 1.21 bits per heavy atom. The molecule has 106 valence electrons. The lowest BCUT2D eigenvalue weighted by atomic mass is 9.99. The number of aromatic nitrogens is 2. The van der Waals surface area contributed by atoms with Crippen molar-refractivity contribution in [3.63, 3.8) is 0 Å². The van der Waals surface area contributed by atoms with Crippen molar-refractivity contribution in [2.24, 2.45) is 0 Å². The average molecular weight is 264 g/mol. The van der Waals surface area contributed by atoms with Crippen LogP contribution >= 0.6 is 0 Å². The molecule has 1 N–H and O–H groups in total. The molecule has 1 aromatic rings. The molecular weight excluding hydrogens is 240 g/mol. The fourth-order valence-electron chi connectivity index (χ4n) is 2.72. The number of ether oxygens (including phenoxy) is 1. The highest BCUT2D eigenvalue weighted by atomic mass is 16.5. The SMILES string of the molecule is CCNc1cncc(N2CC(C)(C)OC(C)(C)C2)n1. The van der Waals surface area contributed by atoms with Crippen LogP contribution in [-0.4, -0.2) is 40.8 Å². The Bertz CT molecular complexity index is 429. The molecule has 1 aliphatic heterocycles. The second-order valence-electron chi connectivity index (χ2n) is 6.27. The van der Waals surface area contributed by atoms with E-state index in [1.165, 1.54) is 0 Å². The normalized spacial score (nSPS) is 21.2. The molecule has 1 saturated heterocycles. The van der Waals surface area contributed by atoms with Crippen LogP contribution in [0.4, 0.5) is 11.6 Å². The zero-order chi connectivity index (χ0) is 14.1. The fourth-order valence-corrected chi connectivity index (χ4v) is 2.72. The molecule has 1 fully saturated rings. The zero-order valence-corrected chi connectivity index (χ0v) is 12.5. The predicted molar refractivity (Wildman–Crippen MR) is 77.7 cm³/mol. The third kappa shape index (κ3) is 3.56. The van der Waals surface area contributed by atoms with E-state index in [1.807, 2.05) is 6.20 Å². The molecule has 2 rings (SSSR count). The van der Waals surface area contributed by atoms with Gasteiger partial charge < -0.3 is 15.0 Å². The van der Waals surface area contributed by atoms with E-state index in [-0.39, 0.29) is 11.2 Å². The van der Waals surface area contributed by atoms with Crippen molar-refractivity contribution in [3.8, 4) is 0 Å². The third-order valence-corrected chi connectivity index (χ3v) is 3.00. The summed E-state index contributed by atoms with van der Waals surface area (Å²) < 4.78 is 6.09. The number of rotatable bonds is 3. The van der Waals surface area contributed by atoms with Crippen LogP contribution in [0.25, 0.3) is 0 Å². The third-order valence-electron chi connectivity index (χ3n) is 3.00. The summed E-state index contributed by atoms with van der Waals surface area (Å²) in [5.41, 5.74) is -0.366. The van der Waals surface area contributed by atoms with Crippen molar-refractivity contribution in [1.82, 2.24) is 9.97 Å².